The van der Waals surface area contributed by atoms with Crippen molar-refractivity contribution < 1.29 is 24.2 Å². The van der Waals surface area contributed by atoms with Gasteiger partial charge in [-0.3, -0.25) is 9.59 Å². The van der Waals surface area contributed by atoms with E-state index in [4.69, 9.17) is 9.47 Å². The van der Waals surface area contributed by atoms with E-state index in [-0.39, 0.29) is 46.6 Å². The fourth-order valence-corrected chi connectivity index (χ4v) is 10.9. The zero-order valence-corrected chi connectivity index (χ0v) is 24.3. The van der Waals surface area contributed by atoms with E-state index in [0.29, 0.717) is 6.42 Å². The highest BCUT2D eigenvalue weighted by molar-refractivity contribution is 8.01. The Morgan fingerprint density at radius 2 is 2.10 bits per heavy atom. The highest BCUT2D eigenvalue weighted by atomic mass is 32.2. The fourth-order valence-electron chi connectivity index (χ4n) is 8.97. The van der Waals surface area contributed by atoms with Crippen LogP contribution < -0.4 is 0 Å². The number of aliphatic hydroxyl groups is 1. The molecular weight excluding hydrogens is 532 g/mol. The van der Waals surface area contributed by atoms with Gasteiger partial charge in [0.15, 0.2) is 27.3 Å². The van der Waals surface area contributed by atoms with Crippen LogP contribution in [0, 0.1) is 28.6 Å². The number of fused-ring (bicyclic) bond motifs is 8. The topological polar surface area (TPSA) is 98.6 Å². The minimum atomic E-state index is -1.13. The number of rotatable bonds is 4. The summed E-state index contributed by atoms with van der Waals surface area (Å²) in [7, 11) is 0. The molecule has 5 aliphatic rings. The summed E-state index contributed by atoms with van der Waals surface area (Å²) in [5.74, 6) is -0.273. The molecule has 39 heavy (non-hydrogen) atoms. The molecule has 0 aromatic carbocycles. The van der Waals surface area contributed by atoms with Crippen LogP contribution >= 0.6 is 23.1 Å². The number of carbonyl (C=O) groups excluding carboxylic acids is 2. The lowest BCUT2D eigenvalue weighted by molar-refractivity contribution is -0.223. The first kappa shape index (κ1) is 26.0. The molecule has 1 aliphatic heterocycles. The molecule has 0 amide bonds. The van der Waals surface area contributed by atoms with Gasteiger partial charge in [-0.15, -0.1) is 0 Å². The molecule has 1 saturated heterocycles. The molecule has 3 heterocycles. The second-order valence-electron chi connectivity index (χ2n) is 12.8. The van der Waals surface area contributed by atoms with Gasteiger partial charge in [0.1, 0.15) is 10.3 Å². The summed E-state index contributed by atoms with van der Waals surface area (Å²) in [6.45, 7) is 8.09. The van der Waals surface area contributed by atoms with Crippen molar-refractivity contribution >= 4 is 45.0 Å². The number of aliphatic hydroxyl groups excluding tert-OH is 1. The van der Waals surface area contributed by atoms with Gasteiger partial charge in [-0.1, -0.05) is 48.6 Å². The van der Waals surface area contributed by atoms with Gasteiger partial charge in [0.25, 0.3) is 0 Å². The standard InChI is InChI=1S/C30H34N2O5S2/c1-27(2)36-23-13-19-18-8-7-16-12-17(33)9-10-28(16,3)24(18)21(34)14-29(19,4)30(23,37-27)22(35)15-38-26-32-20-6-5-11-31-25(20)39-26/h5-6,9-12,18-19,21,23-24,34H,7-8,13-15H2,1-4H3/t18?,19?,21?,23-,24?,28?,29?,30-/m1/s1. The van der Waals surface area contributed by atoms with Crippen molar-refractivity contribution in [2.24, 2.45) is 28.6 Å². The van der Waals surface area contributed by atoms with E-state index < -0.39 is 22.9 Å². The van der Waals surface area contributed by atoms with E-state index >= 15 is 0 Å². The van der Waals surface area contributed by atoms with Crippen molar-refractivity contribution in [3.8, 4) is 0 Å². The van der Waals surface area contributed by atoms with Crippen LogP contribution in [0.15, 0.2) is 46.5 Å². The molecule has 0 bridgehead atoms. The Kier molecular flexibility index (Phi) is 5.70. The summed E-state index contributed by atoms with van der Waals surface area (Å²) in [6.07, 6.45) is 9.11. The molecule has 8 atom stereocenters. The third-order valence-electron chi connectivity index (χ3n) is 10.4. The molecule has 9 heteroatoms. The van der Waals surface area contributed by atoms with Crippen LogP contribution in [0.25, 0.3) is 10.3 Å². The first-order valence-electron chi connectivity index (χ1n) is 13.8. The van der Waals surface area contributed by atoms with E-state index in [9.17, 15) is 14.7 Å². The number of aromatic nitrogens is 2. The summed E-state index contributed by atoms with van der Waals surface area (Å²) in [5, 5.41) is 11.8. The smallest absolute Gasteiger partial charge is 0.178 e. The zero-order chi connectivity index (χ0) is 27.4. The Bertz CT molecular complexity index is 1420. The van der Waals surface area contributed by atoms with E-state index in [0.717, 1.165) is 39.5 Å². The molecule has 0 spiro atoms. The maximum atomic E-state index is 14.4. The average molecular weight is 567 g/mol. The molecule has 6 unspecified atom stereocenters. The fraction of sp³-hybridized carbons (Fsp3) is 0.600. The molecule has 2 aromatic rings. The Morgan fingerprint density at radius 1 is 1.28 bits per heavy atom. The van der Waals surface area contributed by atoms with Gasteiger partial charge in [-0.25, -0.2) is 9.97 Å². The molecular formula is C30H34N2O5S2. The minimum Gasteiger partial charge on any atom is -0.393 e. The van der Waals surface area contributed by atoms with Gasteiger partial charge >= 0.3 is 0 Å². The third kappa shape index (κ3) is 3.59. The molecule has 4 fully saturated rings. The van der Waals surface area contributed by atoms with Gasteiger partial charge in [-0.05, 0) is 75.7 Å². The molecule has 0 radical (unpaired) electrons. The first-order valence-corrected chi connectivity index (χ1v) is 15.6. The molecule has 4 aliphatic carbocycles. The predicted molar refractivity (Wildman–Crippen MR) is 149 cm³/mol. The van der Waals surface area contributed by atoms with Crippen LogP contribution in [0.3, 0.4) is 0 Å². The van der Waals surface area contributed by atoms with Crippen LogP contribution in [0.1, 0.15) is 53.4 Å². The second kappa shape index (κ2) is 8.55. The number of carbonyl (C=O) groups is 2. The van der Waals surface area contributed by atoms with E-state index in [1.165, 1.54) is 23.1 Å². The molecule has 7 rings (SSSR count). The lowest BCUT2D eigenvalue weighted by Crippen LogP contribution is -2.63. The molecule has 2 aromatic heterocycles. The Hall–Kier alpha value is -1.91. The number of thiazole rings is 1. The first-order chi connectivity index (χ1) is 18.5. The highest BCUT2D eigenvalue weighted by Crippen LogP contribution is 2.70. The summed E-state index contributed by atoms with van der Waals surface area (Å²) in [5.41, 5.74) is -0.112. The van der Waals surface area contributed by atoms with Gasteiger partial charge in [-0.2, -0.15) is 0 Å². The van der Waals surface area contributed by atoms with Crippen LogP contribution in [-0.4, -0.2) is 56.0 Å². The minimum absolute atomic E-state index is 0.0106. The molecule has 7 nitrogen and oxygen atoms in total. The third-order valence-corrected chi connectivity index (χ3v) is 12.5. The van der Waals surface area contributed by atoms with Crippen molar-refractivity contribution in [1.82, 2.24) is 9.97 Å². The van der Waals surface area contributed by atoms with E-state index in [2.05, 4.69) is 23.8 Å². The highest BCUT2D eigenvalue weighted by Gasteiger charge is 2.76. The summed E-state index contributed by atoms with van der Waals surface area (Å²) < 4.78 is 14.0. The number of pyridine rings is 1. The molecule has 3 saturated carbocycles. The number of ketones is 2. The van der Waals surface area contributed by atoms with E-state index in [1.807, 2.05) is 32.1 Å². The summed E-state index contributed by atoms with van der Waals surface area (Å²) in [4.78, 5) is 36.4. The van der Waals surface area contributed by atoms with Gasteiger partial charge in [0.2, 0.25) is 0 Å². The SMILES string of the molecule is CC1(C)O[C@@H]2CC3C4CCC5=CC(=O)C=CC5(C)C4C(O)CC3(C)[C@]2(C(=O)CSc2nc3cccnc3s2)O1. The number of allylic oxidation sites excluding steroid dienone is 4. The largest absolute Gasteiger partial charge is 0.393 e. The predicted octanol–water partition coefficient (Wildman–Crippen LogP) is 5.13. The second-order valence-corrected chi connectivity index (χ2v) is 15.0. The zero-order valence-electron chi connectivity index (χ0n) is 22.7. The van der Waals surface area contributed by atoms with Crippen molar-refractivity contribution in [2.75, 3.05) is 5.75 Å². The number of Topliss-reactive ketones (excluding diaryl/α,β-unsaturated/α-hetero) is 1. The van der Waals surface area contributed by atoms with Crippen LogP contribution in [-0.2, 0) is 19.1 Å². The molecule has 206 valence electrons. The van der Waals surface area contributed by atoms with Crippen molar-refractivity contribution in [3.05, 3.63) is 42.1 Å². The lowest BCUT2D eigenvalue weighted by atomic mass is 9.46. The van der Waals surface area contributed by atoms with Crippen molar-refractivity contribution in [2.45, 2.75) is 81.3 Å². The van der Waals surface area contributed by atoms with Gasteiger partial charge in [0.05, 0.1) is 18.0 Å². The normalized spacial score (nSPS) is 42.0. The Balaban J connectivity index is 1.23. The van der Waals surface area contributed by atoms with Gasteiger partial charge in [0, 0.05) is 22.9 Å². The van der Waals surface area contributed by atoms with Crippen molar-refractivity contribution in [3.63, 3.8) is 0 Å². The number of hydrogen-bond acceptors (Lipinski definition) is 9. The number of thioether (sulfide) groups is 1. The quantitative estimate of drug-likeness (QED) is 0.509. The van der Waals surface area contributed by atoms with Crippen molar-refractivity contribution in [1.29, 1.82) is 0 Å². The number of nitrogens with zero attached hydrogens (tertiary/aromatic N) is 2. The molecule has 1 N–H and O–H groups in total. The van der Waals surface area contributed by atoms with E-state index in [1.54, 1.807) is 18.3 Å². The number of hydrogen-bond donors (Lipinski definition) is 1. The monoisotopic (exact) mass is 566 g/mol. The Morgan fingerprint density at radius 3 is 2.90 bits per heavy atom. The lowest BCUT2D eigenvalue weighted by Gasteiger charge is -2.60. The summed E-state index contributed by atoms with van der Waals surface area (Å²) in [6, 6.07) is 3.80. The maximum absolute atomic E-state index is 14.4. The van der Waals surface area contributed by atoms with Crippen LogP contribution in [0.5, 0.6) is 0 Å². The summed E-state index contributed by atoms with van der Waals surface area (Å²) >= 11 is 2.92. The van der Waals surface area contributed by atoms with Crippen LogP contribution in [0.2, 0.25) is 0 Å². The van der Waals surface area contributed by atoms with Gasteiger partial charge < -0.3 is 14.6 Å². The van der Waals surface area contributed by atoms with Crippen LogP contribution in [0.4, 0.5) is 0 Å². The number of ether oxygens (including phenoxy) is 2. The average Bonchev–Trinajstić information content (AvgIpc) is 3.49. The Labute approximate surface area is 236 Å². The maximum Gasteiger partial charge on any atom is 0.178 e.